The average molecular weight is 305 g/mol. The number of carbonyl (C=O) groups is 2. The van der Waals surface area contributed by atoms with Crippen LogP contribution in [0.4, 0.5) is 0 Å². The normalized spacial score (nSPS) is 9.79. The second kappa shape index (κ2) is 8.61. The zero-order valence-electron chi connectivity index (χ0n) is 10.1. The molecule has 0 fully saturated rings. The van der Waals surface area contributed by atoms with Crippen LogP contribution in [-0.4, -0.2) is 37.4 Å². The second-order valence-electron chi connectivity index (χ2n) is 3.58. The third-order valence-corrected chi connectivity index (χ3v) is 2.57. The standard InChI is InChI=1S/C12H14Cl2N2O3/c13-7-11(17)15-5-6-16-12(18)8-19-10-3-1-9(14)2-4-10/h1-4H,5-8H2,(H,15,17)(H,16,18). The lowest BCUT2D eigenvalue weighted by Gasteiger charge is -2.08. The summed E-state index contributed by atoms with van der Waals surface area (Å²) in [6.45, 7) is 0.564. The summed E-state index contributed by atoms with van der Waals surface area (Å²) in [5, 5.41) is 5.73. The second-order valence-corrected chi connectivity index (χ2v) is 4.28. The maximum atomic E-state index is 11.4. The van der Waals surface area contributed by atoms with Crippen LogP contribution < -0.4 is 15.4 Å². The topological polar surface area (TPSA) is 67.4 Å². The Balaban J connectivity index is 2.14. The first-order valence-corrected chi connectivity index (χ1v) is 6.51. The van der Waals surface area contributed by atoms with Crippen molar-refractivity contribution in [3.8, 4) is 5.75 Å². The van der Waals surface area contributed by atoms with Gasteiger partial charge in [0, 0.05) is 18.1 Å². The smallest absolute Gasteiger partial charge is 0.258 e. The Kier molecular flexibility index (Phi) is 7.07. The quantitative estimate of drug-likeness (QED) is 0.587. The van der Waals surface area contributed by atoms with E-state index in [1.54, 1.807) is 24.3 Å². The number of halogens is 2. The van der Waals surface area contributed by atoms with E-state index in [4.69, 9.17) is 27.9 Å². The van der Waals surface area contributed by atoms with Gasteiger partial charge in [0.15, 0.2) is 6.61 Å². The molecule has 0 aromatic heterocycles. The third-order valence-electron chi connectivity index (χ3n) is 2.07. The number of benzene rings is 1. The summed E-state index contributed by atoms with van der Waals surface area (Å²) in [5.41, 5.74) is 0. The van der Waals surface area contributed by atoms with Crippen LogP contribution in [-0.2, 0) is 9.59 Å². The highest BCUT2D eigenvalue weighted by Gasteiger charge is 2.03. The Morgan fingerprint density at radius 3 is 2.21 bits per heavy atom. The number of carbonyl (C=O) groups excluding carboxylic acids is 2. The molecule has 0 heterocycles. The van der Waals surface area contributed by atoms with Gasteiger partial charge >= 0.3 is 0 Å². The van der Waals surface area contributed by atoms with E-state index < -0.39 is 0 Å². The largest absolute Gasteiger partial charge is 0.484 e. The lowest BCUT2D eigenvalue weighted by molar-refractivity contribution is -0.123. The number of nitrogens with one attached hydrogen (secondary N) is 2. The van der Waals surface area contributed by atoms with Crippen LogP contribution in [0.1, 0.15) is 0 Å². The Morgan fingerprint density at radius 1 is 1.05 bits per heavy atom. The molecule has 19 heavy (non-hydrogen) atoms. The number of alkyl halides is 1. The molecule has 1 rings (SSSR count). The fourth-order valence-corrected chi connectivity index (χ4v) is 1.40. The molecule has 0 aliphatic carbocycles. The van der Waals surface area contributed by atoms with Gasteiger partial charge in [0.1, 0.15) is 11.6 Å². The number of ether oxygens (including phenoxy) is 1. The molecule has 0 bridgehead atoms. The lowest BCUT2D eigenvalue weighted by Crippen LogP contribution is -2.37. The first kappa shape index (κ1) is 15.6. The van der Waals surface area contributed by atoms with Crippen LogP contribution in [0.25, 0.3) is 0 Å². The van der Waals surface area contributed by atoms with E-state index >= 15 is 0 Å². The zero-order chi connectivity index (χ0) is 14.1. The van der Waals surface area contributed by atoms with E-state index in [1.165, 1.54) is 0 Å². The minimum atomic E-state index is -0.270. The van der Waals surface area contributed by atoms with Gasteiger partial charge in [-0.3, -0.25) is 9.59 Å². The lowest BCUT2D eigenvalue weighted by atomic mass is 10.3. The number of hydrogen-bond acceptors (Lipinski definition) is 3. The van der Waals surface area contributed by atoms with Crippen LogP contribution in [0.5, 0.6) is 5.75 Å². The highest BCUT2D eigenvalue weighted by Crippen LogP contribution is 2.15. The fraction of sp³-hybridized carbons (Fsp3) is 0.333. The van der Waals surface area contributed by atoms with E-state index in [-0.39, 0.29) is 24.3 Å². The summed E-state index contributed by atoms with van der Waals surface area (Å²) in [5.74, 6) is -0.0634. The maximum absolute atomic E-state index is 11.4. The SMILES string of the molecule is O=C(CCl)NCCNC(=O)COc1ccc(Cl)cc1. The monoisotopic (exact) mass is 304 g/mol. The van der Waals surface area contributed by atoms with E-state index in [2.05, 4.69) is 10.6 Å². The minimum Gasteiger partial charge on any atom is -0.484 e. The van der Waals surface area contributed by atoms with E-state index in [0.717, 1.165) is 0 Å². The molecular formula is C12H14Cl2N2O3. The number of amides is 2. The molecule has 7 heteroatoms. The first-order chi connectivity index (χ1) is 9.11. The Hall–Kier alpha value is -1.46. The molecule has 1 aromatic carbocycles. The number of rotatable bonds is 7. The highest BCUT2D eigenvalue weighted by atomic mass is 35.5. The van der Waals surface area contributed by atoms with Crippen molar-refractivity contribution in [1.29, 1.82) is 0 Å². The molecule has 2 amide bonds. The summed E-state index contributed by atoms with van der Waals surface area (Å²) in [6.07, 6.45) is 0. The van der Waals surface area contributed by atoms with Gasteiger partial charge in [-0.05, 0) is 24.3 Å². The molecular weight excluding hydrogens is 291 g/mol. The average Bonchev–Trinajstić information content (AvgIpc) is 2.42. The van der Waals surface area contributed by atoms with Crippen molar-refractivity contribution in [3.05, 3.63) is 29.3 Å². The molecule has 5 nitrogen and oxygen atoms in total. The molecule has 0 aliphatic heterocycles. The van der Waals surface area contributed by atoms with Crippen LogP contribution in [0.15, 0.2) is 24.3 Å². The molecule has 0 atom stereocenters. The molecule has 2 N–H and O–H groups in total. The van der Waals surface area contributed by atoms with Crippen molar-refractivity contribution in [1.82, 2.24) is 10.6 Å². The molecule has 0 radical (unpaired) electrons. The van der Waals surface area contributed by atoms with Gasteiger partial charge in [-0.15, -0.1) is 11.6 Å². The summed E-state index contributed by atoms with van der Waals surface area (Å²) in [7, 11) is 0. The van der Waals surface area contributed by atoms with Gasteiger partial charge in [-0.25, -0.2) is 0 Å². The summed E-state index contributed by atoms with van der Waals surface area (Å²) < 4.78 is 5.24. The Morgan fingerprint density at radius 2 is 1.63 bits per heavy atom. The molecule has 0 aliphatic rings. The molecule has 0 saturated heterocycles. The molecule has 1 aromatic rings. The minimum absolute atomic E-state index is 0.0897. The van der Waals surface area contributed by atoms with E-state index in [0.29, 0.717) is 23.9 Å². The molecule has 104 valence electrons. The summed E-state index contributed by atoms with van der Waals surface area (Å²) in [6, 6.07) is 6.71. The van der Waals surface area contributed by atoms with Gasteiger partial charge in [-0.1, -0.05) is 11.6 Å². The summed E-state index contributed by atoms with van der Waals surface area (Å²) >= 11 is 11.0. The predicted octanol–water partition coefficient (Wildman–Crippen LogP) is 1.19. The fourth-order valence-electron chi connectivity index (χ4n) is 1.18. The van der Waals surface area contributed by atoms with Crippen LogP contribution in [0, 0.1) is 0 Å². The molecule has 0 spiro atoms. The van der Waals surface area contributed by atoms with E-state index in [1.807, 2.05) is 0 Å². The van der Waals surface area contributed by atoms with Crippen molar-refractivity contribution in [3.63, 3.8) is 0 Å². The van der Waals surface area contributed by atoms with Gasteiger partial charge in [0.2, 0.25) is 5.91 Å². The van der Waals surface area contributed by atoms with Crippen molar-refractivity contribution in [2.45, 2.75) is 0 Å². The predicted molar refractivity (Wildman–Crippen MR) is 73.7 cm³/mol. The van der Waals surface area contributed by atoms with Gasteiger partial charge in [-0.2, -0.15) is 0 Å². The maximum Gasteiger partial charge on any atom is 0.258 e. The Bertz CT molecular complexity index is 423. The molecule has 0 saturated carbocycles. The molecule has 0 unspecified atom stereocenters. The van der Waals surface area contributed by atoms with Crippen LogP contribution >= 0.6 is 23.2 Å². The van der Waals surface area contributed by atoms with Crippen molar-refractivity contribution in [2.24, 2.45) is 0 Å². The van der Waals surface area contributed by atoms with Gasteiger partial charge in [0.25, 0.3) is 5.91 Å². The third kappa shape index (κ3) is 6.88. The van der Waals surface area contributed by atoms with Crippen LogP contribution in [0.3, 0.4) is 0 Å². The van der Waals surface area contributed by atoms with Gasteiger partial charge in [0.05, 0.1) is 0 Å². The highest BCUT2D eigenvalue weighted by molar-refractivity contribution is 6.30. The van der Waals surface area contributed by atoms with Crippen molar-refractivity contribution in [2.75, 3.05) is 25.6 Å². The van der Waals surface area contributed by atoms with E-state index in [9.17, 15) is 9.59 Å². The van der Waals surface area contributed by atoms with Crippen LogP contribution in [0.2, 0.25) is 5.02 Å². The Labute approximate surface area is 121 Å². The van der Waals surface area contributed by atoms with Crippen molar-refractivity contribution >= 4 is 35.0 Å². The number of hydrogen-bond donors (Lipinski definition) is 2. The van der Waals surface area contributed by atoms with Crippen molar-refractivity contribution < 1.29 is 14.3 Å². The van der Waals surface area contributed by atoms with Gasteiger partial charge < -0.3 is 15.4 Å². The first-order valence-electron chi connectivity index (χ1n) is 5.59. The summed E-state index contributed by atoms with van der Waals surface area (Å²) in [4.78, 5) is 22.2. The zero-order valence-corrected chi connectivity index (χ0v) is 11.6.